The quantitative estimate of drug-likeness (QED) is 0.692. The van der Waals surface area contributed by atoms with Crippen molar-refractivity contribution in [2.24, 2.45) is 0 Å². The number of ketones is 1. The van der Waals surface area contributed by atoms with Crippen molar-refractivity contribution in [3.63, 3.8) is 0 Å². The van der Waals surface area contributed by atoms with Gasteiger partial charge in [0.2, 0.25) is 0 Å². The van der Waals surface area contributed by atoms with E-state index in [-0.39, 0.29) is 5.78 Å². The zero-order valence-corrected chi connectivity index (χ0v) is 11.6. The molecule has 0 aliphatic heterocycles. The number of Topliss-reactive ketones (excluding diaryl/α,β-unsaturated/α-hetero) is 1. The largest absolute Gasteiger partial charge is 0.384 e. The summed E-state index contributed by atoms with van der Waals surface area (Å²) >= 11 is 9.24. The van der Waals surface area contributed by atoms with Gasteiger partial charge in [-0.25, -0.2) is 4.98 Å². The van der Waals surface area contributed by atoms with Gasteiger partial charge >= 0.3 is 0 Å². The summed E-state index contributed by atoms with van der Waals surface area (Å²) in [6.45, 7) is 0. The minimum atomic E-state index is -0.457. The summed E-state index contributed by atoms with van der Waals surface area (Å²) < 4.78 is 0. The van der Waals surface area contributed by atoms with Gasteiger partial charge in [0.05, 0.1) is 0 Å². The van der Waals surface area contributed by atoms with Crippen molar-refractivity contribution in [1.82, 2.24) is 4.98 Å². The SMILES string of the molecule is Nc1cc([C@H](Br)C(=O)c2cccc(Cl)c2)ccn1. The number of carbonyl (C=O) groups excluding carboxylic acids is 1. The second-order valence-electron chi connectivity index (χ2n) is 3.75. The monoisotopic (exact) mass is 324 g/mol. The topological polar surface area (TPSA) is 56.0 Å². The normalized spacial score (nSPS) is 12.1. The molecule has 3 nitrogen and oxygen atoms in total. The molecule has 2 N–H and O–H groups in total. The fraction of sp³-hybridized carbons (Fsp3) is 0.0769. The number of nitrogens with two attached hydrogens (primary N) is 1. The first kappa shape index (κ1) is 13.1. The van der Waals surface area contributed by atoms with Crippen molar-refractivity contribution < 1.29 is 4.79 Å². The van der Waals surface area contributed by atoms with Crippen LogP contribution in [0.5, 0.6) is 0 Å². The fourth-order valence-corrected chi connectivity index (χ4v) is 2.30. The number of anilines is 1. The number of alkyl halides is 1. The van der Waals surface area contributed by atoms with Crippen molar-refractivity contribution in [2.45, 2.75) is 4.83 Å². The Labute approximate surface area is 118 Å². The van der Waals surface area contributed by atoms with Crippen LogP contribution in [0.4, 0.5) is 5.82 Å². The third kappa shape index (κ3) is 2.89. The maximum atomic E-state index is 12.2. The predicted octanol–water partition coefficient (Wildman–Crippen LogP) is 3.64. The number of aromatic nitrogens is 1. The molecule has 0 amide bonds. The lowest BCUT2D eigenvalue weighted by Gasteiger charge is -2.09. The van der Waals surface area contributed by atoms with Crippen LogP contribution in [0.3, 0.4) is 0 Å². The Kier molecular flexibility index (Phi) is 3.99. The number of nitrogens with zero attached hydrogens (tertiary/aromatic N) is 1. The molecule has 0 aliphatic carbocycles. The average molecular weight is 326 g/mol. The van der Waals surface area contributed by atoms with Crippen LogP contribution in [0.2, 0.25) is 5.02 Å². The molecule has 18 heavy (non-hydrogen) atoms. The molecule has 0 radical (unpaired) electrons. The fourth-order valence-electron chi connectivity index (χ4n) is 1.56. The van der Waals surface area contributed by atoms with E-state index in [0.29, 0.717) is 16.4 Å². The number of carbonyl (C=O) groups is 1. The van der Waals surface area contributed by atoms with Gasteiger partial charge in [-0.3, -0.25) is 4.79 Å². The zero-order valence-electron chi connectivity index (χ0n) is 9.31. The first-order valence-electron chi connectivity index (χ1n) is 5.23. The van der Waals surface area contributed by atoms with E-state index in [4.69, 9.17) is 17.3 Å². The first-order valence-corrected chi connectivity index (χ1v) is 6.52. The summed E-state index contributed by atoms with van der Waals surface area (Å²) in [6, 6.07) is 10.3. The third-order valence-electron chi connectivity index (χ3n) is 2.44. The molecule has 92 valence electrons. The van der Waals surface area contributed by atoms with Crippen LogP contribution in [0.1, 0.15) is 20.7 Å². The van der Waals surface area contributed by atoms with Crippen LogP contribution in [-0.2, 0) is 0 Å². The molecule has 1 aromatic heterocycles. The number of pyridine rings is 1. The van der Waals surface area contributed by atoms with Gasteiger partial charge in [0, 0.05) is 16.8 Å². The molecule has 2 aromatic rings. The van der Waals surface area contributed by atoms with E-state index in [1.54, 1.807) is 42.6 Å². The molecular weight excluding hydrogens is 316 g/mol. The van der Waals surface area contributed by atoms with Crippen LogP contribution < -0.4 is 5.73 Å². The number of hydrogen-bond acceptors (Lipinski definition) is 3. The predicted molar refractivity (Wildman–Crippen MR) is 76.1 cm³/mol. The summed E-state index contributed by atoms with van der Waals surface area (Å²) in [4.78, 5) is 15.7. The summed E-state index contributed by atoms with van der Waals surface area (Å²) in [5.74, 6) is 0.318. The van der Waals surface area contributed by atoms with E-state index in [1.165, 1.54) is 0 Å². The lowest BCUT2D eigenvalue weighted by atomic mass is 10.0. The zero-order chi connectivity index (χ0) is 13.1. The van der Waals surface area contributed by atoms with Crippen LogP contribution in [0.15, 0.2) is 42.6 Å². The highest BCUT2D eigenvalue weighted by molar-refractivity contribution is 9.09. The minimum Gasteiger partial charge on any atom is -0.384 e. The maximum Gasteiger partial charge on any atom is 0.180 e. The number of nitrogen functional groups attached to an aromatic ring is 1. The summed E-state index contributed by atoms with van der Waals surface area (Å²) in [5, 5.41) is 0.537. The van der Waals surface area contributed by atoms with Gasteiger partial charge in [-0.1, -0.05) is 39.7 Å². The summed E-state index contributed by atoms with van der Waals surface area (Å²) in [5.41, 5.74) is 6.92. The van der Waals surface area contributed by atoms with Gasteiger partial charge in [-0.15, -0.1) is 0 Å². The van der Waals surface area contributed by atoms with E-state index >= 15 is 0 Å². The molecule has 0 saturated carbocycles. The second kappa shape index (κ2) is 5.50. The van der Waals surface area contributed by atoms with Crippen molar-refractivity contribution in [1.29, 1.82) is 0 Å². The summed E-state index contributed by atoms with van der Waals surface area (Å²) in [6.07, 6.45) is 1.57. The van der Waals surface area contributed by atoms with Crippen LogP contribution in [0.25, 0.3) is 0 Å². The molecule has 0 unspecified atom stereocenters. The second-order valence-corrected chi connectivity index (χ2v) is 5.10. The van der Waals surface area contributed by atoms with E-state index < -0.39 is 4.83 Å². The average Bonchev–Trinajstić information content (AvgIpc) is 2.37. The summed E-state index contributed by atoms with van der Waals surface area (Å²) in [7, 11) is 0. The highest BCUT2D eigenvalue weighted by Crippen LogP contribution is 2.28. The van der Waals surface area contributed by atoms with Crippen molar-refractivity contribution in [3.8, 4) is 0 Å². The standard InChI is InChI=1S/C13H10BrClN2O/c14-12(8-4-5-17-11(16)7-8)13(18)9-2-1-3-10(15)6-9/h1-7,12H,(H2,16,17)/t12-/m0/s1. The molecular formula is C13H10BrClN2O. The molecule has 1 aromatic carbocycles. The lowest BCUT2D eigenvalue weighted by Crippen LogP contribution is -2.07. The lowest BCUT2D eigenvalue weighted by molar-refractivity contribution is 0.0991. The molecule has 0 saturated heterocycles. The Balaban J connectivity index is 2.29. The number of halogens is 2. The minimum absolute atomic E-state index is 0.0666. The molecule has 0 bridgehead atoms. The van der Waals surface area contributed by atoms with Crippen molar-refractivity contribution >= 4 is 39.1 Å². The van der Waals surface area contributed by atoms with Gasteiger partial charge in [-0.05, 0) is 29.8 Å². The maximum absolute atomic E-state index is 12.2. The van der Waals surface area contributed by atoms with Crippen molar-refractivity contribution in [2.75, 3.05) is 5.73 Å². The Morgan fingerprint density at radius 1 is 1.33 bits per heavy atom. The number of hydrogen-bond donors (Lipinski definition) is 1. The third-order valence-corrected chi connectivity index (χ3v) is 3.62. The number of benzene rings is 1. The van der Waals surface area contributed by atoms with E-state index in [1.807, 2.05) is 0 Å². The Bertz CT molecular complexity index is 589. The Morgan fingerprint density at radius 3 is 2.78 bits per heavy atom. The molecule has 1 heterocycles. The van der Waals surface area contributed by atoms with Crippen LogP contribution in [-0.4, -0.2) is 10.8 Å². The molecule has 0 spiro atoms. The van der Waals surface area contributed by atoms with E-state index in [9.17, 15) is 4.79 Å². The highest BCUT2D eigenvalue weighted by atomic mass is 79.9. The van der Waals surface area contributed by atoms with Gasteiger partial charge in [0.25, 0.3) is 0 Å². The highest BCUT2D eigenvalue weighted by Gasteiger charge is 2.19. The van der Waals surface area contributed by atoms with Gasteiger partial charge in [0.15, 0.2) is 5.78 Å². The Morgan fingerprint density at radius 2 is 2.11 bits per heavy atom. The van der Waals surface area contributed by atoms with Crippen molar-refractivity contribution in [3.05, 3.63) is 58.7 Å². The van der Waals surface area contributed by atoms with Gasteiger partial charge < -0.3 is 5.73 Å². The van der Waals surface area contributed by atoms with Gasteiger partial charge in [0.1, 0.15) is 10.6 Å². The van der Waals surface area contributed by atoms with E-state index in [2.05, 4.69) is 20.9 Å². The molecule has 0 aliphatic rings. The molecule has 2 rings (SSSR count). The van der Waals surface area contributed by atoms with Crippen LogP contribution >= 0.6 is 27.5 Å². The first-order chi connectivity index (χ1) is 8.58. The smallest absolute Gasteiger partial charge is 0.180 e. The molecule has 0 fully saturated rings. The Hall–Kier alpha value is -1.39. The molecule has 5 heteroatoms. The van der Waals surface area contributed by atoms with E-state index in [0.717, 1.165) is 5.56 Å². The number of rotatable bonds is 3. The molecule has 1 atom stereocenters. The van der Waals surface area contributed by atoms with Crippen LogP contribution in [0, 0.1) is 0 Å². The van der Waals surface area contributed by atoms with Gasteiger partial charge in [-0.2, -0.15) is 0 Å².